The molecule has 7 rings (SSSR count). The lowest BCUT2D eigenvalue weighted by Gasteiger charge is -2.60. The fraction of sp³-hybridized carbons (Fsp3) is 0.652. The van der Waals surface area contributed by atoms with Gasteiger partial charge in [0.15, 0.2) is 11.5 Å². The van der Waals surface area contributed by atoms with Gasteiger partial charge < -0.3 is 33.7 Å². The number of hydrogen-bond donors (Lipinski definition) is 4. The van der Waals surface area contributed by atoms with Crippen LogP contribution in [0.3, 0.4) is 0 Å². The van der Waals surface area contributed by atoms with Crippen molar-refractivity contribution in [1.29, 1.82) is 0 Å². The van der Waals surface area contributed by atoms with Crippen molar-refractivity contribution in [2.45, 2.75) is 126 Å². The number of ether oxygens (including phenoxy) is 5. The molecule has 6 aliphatic rings. The van der Waals surface area contributed by atoms with Gasteiger partial charge in [0.2, 0.25) is 23.6 Å². The van der Waals surface area contributed by atoms with Crippen LogP contribution in [0.5, 0.6) is 5.75 Å². The van der Waals surface area contributed by atoms with Crippen LogP contribution in [0.1, 0.15) is 90.5 Å². The number of thioether (sulfide) groups is 1. The van der Waals surface area contributed by atoms with Crippen LogP contribution in [-0.2, 0) is 49.3 Å². The average Bonchev–Trinajstić information content (AvgIpc) is 3.52. The third kappa shape index (κ3) is 12.3. The van der Waals surface area contributed by atoms with Gasteiger partial charge in [-0.3, -0.25) is 39.6 Å². The van der Waals surface area contributed by atoms with E-state index in [1.54, 1.807) is 26.1 Å². The van der Waals surface area contributed by atoms with Crippen molar-refractivity contribution in [1.82, 2.24) is 19.3 Å². The molecule has 1 aliphatic carbocycles. The van der Waals surface area contributed by atoms with E-state index in [-0.39, 0.29) is 91.6 Å². The number of halogens is 2. The largest absolute Gasteiger partial charge is 0.495 e. The molecule has 1 saturated carbocycles. The van der Waals surface area contributed by atoms with Crippen LogP contribution < -0.4 is 24.0 Å². The maximum atomic E-state index is 14.3. The standard InChI is InChI=1S/C46H63ClIN5O12S/c1-27-9-7-10-36(62-6)46(60)23-37(64-43(59)49-46)45(3)26-44(2,65-45)31(21-38(55)52(4)33-18-29(17-27)19-34(61-5)40(33)47)20-32(54)25-63-15-8-16-66-35-22-39(56)53(42(35)58)24-28-11-13-30(14-12-28)41(57)50-51-48/h7,9-10,18-19,28,30-31,35-37,51,60H,8,11-17,20-26H2,1-6H3,(H,49,59)(H,50,57)/b10-7+,27-9+/t28?,30?,31-,35?,36+,37-,44+,45?,46-/m0/s1. The number of Topliss-reactive ketones (excluding diaryl/α,β-unsaturated/α-hetero) is 1. The molecule has 2 unspecified atom stereocenters. The van der Waals surface area contributed by atoms with E-state index in [4.69, 9.17) is 35.3 Å². The van der Waals surface area contributed by atoms with E-state index in [2.05, 4.69) is 14.4 Å². The van der Waals surface area contributed by atoms with Gasteiger partial charge in [0, 0.05) is 94.1 Å². The number of benzene rings is 1. The Bertz CT molecular complexity index is 2060. The van der Waals surface area contributed by atoms with E-state index in [9.17, 15) is 33.9 Å². The highest BCUT2D eigenvalue weighted by Gasteiger charge is 2.62. The highest BCUT2D eigenvalue weighted by atomic mass is 127. The number of hydrazine groups is 1. The Morgan fingerprint density at radius 3 is 2.48 bits per heavy atom. The van der Waals surface area contributed by atoms with E-state index >= 15 is 0 Å². The Morgan fingerprint density at radius 1 is 1.08 bits per heavy atom. The third-order valence-corrected chi connectivity index (χ3v) is 15.6. The fourth-order valence-electron chi connectivity index (χ4n) is 10.0. The minimum absolute atomic E-state index is 0.0410. The first-order chi connectivity index (χ1) is 31.3. The molecular formula is C46H63ClIN5O12S. The van der Waals surface area contributed by atoms with Crippen LogP contribution in [0.2, 0.25) is 5.02 Å². The fourth-order valence-corrected chi connectivity index (χ4v) is 11.7. The molecule has 0 aromatic heterocycles. The molecule has 5 heterocycles. The number of carbonyl (C=O) groups is 6. The Kier molecular flexibility index (Phi) is 17.7. The number of aliphatic hydroxyl groups is 1. The summed E-state index contributed by atoms with van der Waals surface area (Å²) in [5.41, 5.74) is 0.881. The number of anilines is 1. The number of nitrogens with zero attached hydrogens (tertiary/aromatic N) is 2. The van der Waals surface area contributed by atoms with Crippen molar-refractivity contribution in [3.8, 4) is 5.75 Å². The molecule has 0 spiro atoms. The Hall–Kier alpha value is -3.31. The van der Waals surface area contributed by atoms with E-state index in [0.717, 1.165) is 24.0 Å². The molecule has 364 valence electrons. The lowest BCUT2D eigenvalue weighted by Crippen LogP contribution is -2.71. The minimum atomic E-state index is -1.84. The van der Waals surface area contributed by atoms with Crippen molar-refractivity contribution < 1.29 is 57.6 Å². The molecule has 3 saturated heterocycles. The van der Waals surface area contributed by atoms with Crippen LogP contribution in [0.15, 0.2) is 35.9 Å². The molecule has 20 heteroatoms. The first-order valence-corrected chi connectivity index (χ1v) is 24.9. The van der Waals surface area contributed by atoms with E-state index in [1.165, 1.54) is 35.8 Å². The molecule has 5 amide bonds. The predicted molar refractivity (Wildman–Crippen MR) is 256 cm³/mol. The number of fused-ring (bicyclic) bond motifs is 6. The molecule has 0 radical (unpaired) electrons. The van der Waals surface area contributed by atoms with E-state index in [1.807, 2.05) is 54.9 Å². The summed E-state index contributed by atoms with van der Waals surface area (Å²) in [5.74, 6) is -0.569. The second kappa shape index (κ2) is 22.4. The summed E-state index contributed by atoms with van der Waals surface area (Å²) in [5, 5.41) is 14.1. The zero-order chi connectivity index (χ0) is 48.0. The number of imide groups is 1. The molecule has 7 atom stereocenters. The number of alkyl carbamates (subject to hydrolysis) is 1. The maximum Gasteiger partial charge on any atom is 0.409 e. The Balaban J connectivity index is 1.08. The highest BCUT2D eigenvalue weighted by Crippen LogP contribution is 2.52. The number of allylic oxidation sites excluding steroid dienone is 3. The molecule has 6 bridgehead atoms. The van der Waals surface area contributed by atoms with Gasteiger partial charge in [-0.05, 0) is 88.7 Å². The number of carbonyl (C=O) groups excluding carboxylic acids is 6. The number of methoxy groups -OCH3 is 2. The number of hydrogen-bond acceptors (Lipinski definition) is 14. The summed E-state index contributed by atoms with van der Waals surface area (Å²) in [6.45, 7) is 5.94. The lowest BCUT2D eigenvalue weighted by atomic mass is 9.67. The van der Waals surface area contributed by atoms with Crippen LogP contribution in [0.4, 0.5) is 10.5 Å². The topological polar surface area (TPSA) is 211 Å². The van der Waals surface area contributed by atoms with Crippen LogP contribution in [0, 0.1) is 17.8 Å². The van der Waals surface area contributed by atoms with E-state index in [0.29, 0.717) is 49.4 Å². The van der Waals surface area contributed by atoms with Gasteiger partial charge >= 0.3 is 6.09 Å². The molecule has 4 N–H and O–H groups in total. The maximum absolute atomic E-state index is 14.3. The average molecular weight is 1070 g/mol. The summed E-state index contributed by atoms with van der Waals surface area (Å²) in [7, 11) is 4.57. The first kappa shape index (κ1) is 52.1. The number of likely N-dealkylation sites (tertiary alicyclic amines) is 1. The molecule has 1 aromatic rings. The van der Waals surface area contributed by atoms with E-state index < -0.39 is 46.4 Å². The molecule has 17 nitrogen and oxygen atoms in total. The monoisotopic (exact) mass is 1070 g/mol. The second-order valence-electron chi connectivity index (χ2n) is 18.6. The number of nitrogens with one attached hydrogen (secondary N) is 3. The quantitative estimate of drug-likeness (QED) is 0.0561. The second-order valence-corrected chi connectivity index (χ2v) is 20.9. The Morgan fingerprint density at radius 2 is 1.80 bits per heavy atom. The summed E-state index contributed by atoms with van der Waals surface area (Å²) in [6, 6.07) is 3.64. The van der Waals surface area contributed by atoms with Crippen LogP contribution in [0.25, 0.3) is 0 Å². The molecule has 5 aliphatic heterocycles. The third-order valence-electron chi connectivity index (χ3n) is 13.6. The highest BCUT2D eigenvalue weighted by molar-refractivity contribution is 14.1. The number of amides is 5. The lowest BCUT2D eigenvalue weighted by molar-refractivity contribution is -0.319. The molecular weight excluding hydrogens is 1010 g/mol. The molecule has 1 aromatic carbocycles. The van der Waals surface area contributed by atoms with Crippen LogP contribution >= 0.6 is 46.2 Å². The van der Waals surface area contributed by atoms with Gasteiger partial charge in [-0.2, -0.15) is 3.64 Å². The smallest absolute Gasteiger partial charge is 0.409 e. The van der Waals surface area contributed by atoms with Gasteiger partial charge in [0.25, 0.3) is 0 Å². The Labute approximate surface area is 409 Å². The predicted octanol–water partition coefficient (Wildman–Crippen LogP) is 5.52. The summed E-state index contributed by atoms with van der Waals surface area (Å²) in [6.07, 6.45) is 6.78. The van der Waals surface area contributed by atoms with Gasteiger partial charge in [-0.15, -0.1) is 11.8 Å². The van der Waals surface area contributed by atoms with Gasteiger partial charge in [0.05, 0.1) is 23.6 Å². The molecule has 4 fully saturated rings. The van der Waals surface area contributed by atoms with Crippen LogP contribution in [-0.4, -0.2) is 127 Å². The summed E-state index contributed by atoms with van der Waals surface area (Å²) in [4.78, 5) is 82.0. The van der Waals surface area contributed by atoms with Gasteiger partial charge in [-0.25, -0.2) is 4.79 Å². The van der Waals surface area contributed by atoms with Crippen molar-refractivity contribution in [3.63, 3.8) is 0 Å². The zero-order valence-corrected chi connectivity index (χ0v) is 42.2. The summed E-state index contributed by atoms with van der Waals surface area (Å²) < 4.78 is 32.1. The zero-order valence-electron chi connectivity index (χ0n) is 38.5. The normalized spacial score (nSPS) is 33.0. The van der Waals surface area contributed by atoms with Crippen molar-refractivity contribution in [2.75, 3.05) is 51.7 Å². The van der Waals surface area contributed by atoms with Crippen molar-refractivity contribution >= 4 is 87.4 Å². The van der Waals surface area contributed by atoms with Crippen molar-refractivity contribution in [3.05, 3.63) is 46.5 Å². The minimum Gasteiger partial charge on any atom is -0.495 e. The number of ketones is 1. The van der Waals surface area contributed by atoms with Crippen molar-refractivity contribution in [2.24, 2.45) is 17.8 Å². The molecule has 66 heavy (non-hydrogen) atoms. The first-order valence-electron chi connectivity index (χ1n) is 22.4. The summed E-state index contributed by atoms with van der Waals surface area (Å²) >= 11 is 10.1. The van der Waals surface area contributed by atoms with Gasteiger partial charge in [0.1, 0.15) is 35.2 Å². The SMILES string of the molecule is COc1cc2cc(c1Cl)N(C)C(=O)C[C@H](CC(=O)COCCCSC1CC(=O)N(CC3CCC(C(=O)NNI)CC3)C1=O)[C@@]1(C)CC(C)(O1)[C@@H]1C[C@@](O)(NC(=O)O1)[C@H](OC)/C=C/C=C(\C)C2. The van der Waals surface area contributed by atoms with Gasteiger partial charge in [-0.1, -0.05) is 35.4 Å². The number of rotatable bonds is 15.